The smallest absolute Gasteiger partial charge is 0.146 e. The van der Waals surface area contributed by atoms with Crippen molar-refractivity contribution in [1.82, 2.24) is 9.55 Å². The third kappa shape index (κ3) is 2.12. The second-order valence-corrected chi connectivity index (χ2v) is 4.55. The number of fused-ring (bicyclic) bond motifs is 1. The molecule has 0 spiro atoms. The summed E-state index contributed by atoms with van der Waals surface area (Å²) in [6, 6.07) is 10.7. The molecule has 3 rings (SSSR count). The zero-order valence-corrected chi connectivity index (χ0v) is 10.7. The van der Waals surface area contributed by atoms with Crippen LogP contribution in [-0.2, 0) is 13.0 Å². The summed E-state index contributed by atoms with van der Waals surface area (Å²) < 4.78 is 15.8. The second-order valence-electron chi connectivity index (χ2n) is 4.55. The van der Waals surface area contributed by atoms with Crippen LogP contribution in [0, 0.1) is 11.9 Å². The molecule has 0 unspecified atom stereocenters. The van der Waals surface area contributed by atoms with Gasteiger partial charge >= 0.3 is 0 Å². The highest BCUT2D eigenvalue weighted by molar-refractivity contribution is 5.83. The molecule has 0 atom stereocenters. The van der Waals surface area contributed by atoms with Gasteiger partial charge in [-0.3, -0.25) is 4.98 Å². The molecule has 2 heterocycles. The lowest BCUT2D eigenvalue weighted by Crippen LogP contribution is -2.00. The molecule has 0 fully saturated rings. The van der Waals surface area contributed by atoms with E-state index in [-0.39, 0.29) is 5.82 Å². The second kappa shape index (κ2) is 4.84. The minimum Gasteiger partial charge on any atom is -0.343 e. The van der Waals surface area contributed by atoms with Gasteiger partial charge in [-0.25, -0.2) is 4.39 Å². The Balaban J connectivity index is 2.09. The molecule has 0 aliphatic carbocycles. The minimum atomic E-state index is -0.259. The van der Waals surface area contributed by atoms with Crippen LogP contribution in [0.2, 0.25) is 0 Å². The molecule has 0 aliphatic rings. The molecule has 19 heavy (non-hydrogen) atoms. The monoisotopic (exact) mass is 253 g/mol. The molecule has 2 nitrogen and oxygen atoms in total. The number of aromatic nitrogens is 2. The maximum absolute atomic E-state index is 13.7. The normalized spacial score (nSPS) is 11.1. The quantitative estimate of drug-likeness (QED) is 0.697. The standard InChI is InChI=1S/C16H14FN2/c1-2-12-10-19(16-6-4-3-5-14(12)16)11-13-7-8-18-9-15(13)17/h4-10H,2,11H2,1H3. The van der Waals surface area contributed by atoms with E-state index in [0.29, 0.717) is 12.1 Å². The fourth-order valence-corrected chi connectivity index (χ4v) is 2.39. The summed E-state index contributed by atoms with van der Waals surface area (Å²) in [4.78, 5) is 3.78. The highest BCUT2D eigenvalue weighted by Crippen LogP contribution is 2.22. The van der Waals surface area contributed by atoms with Crippen LogP contribution in [0.25, 0.3) is 10.9 Å². The Morgan fingerprint density at radius 3 is 3.00 bits per heavy atom. The van der Waals surface area contributed by atoms with Crippen molar-refractivity contribution in [3.05, 3.63) is 65.9 Å². The Labute approximate surface area is 111 Å². The van der Waals surface area contributed by atoms with Gasteiger partial charge in [-0.15, -0.1) is 0 Å². The molecule has 3 heteroatoms. The topological polar surface area (TPSA) is 17.8 Å². The predicted molar refractivity (Wildman–Crippen MR) is 73.4 cm³/mol. The zero-order chi connectivity index (χ0) is 13.2. The van der Waals surface area contributed by atoms with Gasteiger partial charge < -0.3 is 4.57 Å². The van der Waals surface area contributed by atoms with E-state index in [1.807, 2.05) is 18.2 Å². The van der Waals surface area contributed by atoms with E-state index >= 15 is 0 Å². The van der Waals surface area contributed by atoms with E-state index < -0.39 is 0 Å². The van der Waals surface area contributed by atoms with Crippen molar-refractivity contribution in [3.8, 4) is 0 Å². The van der Waals surface area contributed by atoms with E-state index in [9.17, 15) is 4.39 Å². The summed E-state index contributed by atoms with van der Waals surface area (Å²) >= 11 is 0. The average molecular weight is 253 g/mol. The Morgan fingerprint density at radius 1 is 1.32 bits per heavy atom. The molecule has 2 aromatic heterocycles. The molecule has 0 N–H and O–H groups in total. The summed E-state index contributed by atoms with van der Waals surface area (Å²) in [6.07, 6.45) is 5.94. The number of nitrogens with zero attached hydrogens (tertiary/aromatic N) is 2. The van der Waals surface area contributed by atoms with Crippen LogP contribution < -0.4 is 0 Å². The molecule has 95 valence electrons. The predicted octanol–water partition coefficient (Wildman–Crippen LogP) is 3.59. The zero-order valence-electron chi connectivity index (χ0n) is 10.7. The number of rotatable bonds is 3. The molecule has 0 amide bonds. The van der Waals surface area contributed by atoms with Crippen LogP contribution in [0.15, 0.2) is 42.9 Å². The van der Waals surface area contributed by atoms with Crippen LogP contribution in [-0.4, -0.2) is 9.55 Å². The SMILES string of the molecule is CCc1cn(Cc2ccncc2F)c2cc[c]cc12. The maximum Gasteiger partial charge on any atom is 0.146 e. The lowest BCUT2D eigenvalue weighted by Gasteiger charge is -2.06. The first-order chi connectivity index (χ1) is 9.29. The molecule has 0 saturated heterocycles. The van der Waals surface area contributed by atoms with Crippen molar-refractivity contribution in [3.63, 3.8) is 0 Å². The van der Waals surface area contributed by atoms with Crippen LogP contribution in [0.4, 0.5) is 4.39 Å². The van der Waals surface area contributed by atoms with Gasteiger partial charge in [0.1, 0.15) is 5.82 Å². The average Bonchev–Trinajstić information content (AvgIpc) is 2.80. The number of halogens is 1. The highest BCUT2D eigenvalue weighted by atomic mass is 19.1. The van der Waals surface area contributed by atoms with Crippen molar-refractivity contribution in [2.45, 2.75) is 19.9 Å². The van der Waals surface area contributed by atoms with E-state index in [1.54, 1.807) is 12.3 Å². The first-order valence-corrected chi connectivity index (χ1v) is 6.36. The third-order valence-electron chi connectivity index (χ3n) is 3.39. The summed E-state index contributed by atoms with van der Waals surface area (Å²) in [5.41, 5.74) is 3.04. The van der Waals surface area contributed by atoms with Gasteiger partial charge in [0.05, 0.1) is 12.7 Å². The number of aryl methyl sites for hydroxylation is 1. The molecule has 0 aliphatic heterocycles. The van der Waals surface area contributed by atoms with Gasteiger partial charge in [0.25, 0.3) is 0 Å². The number of hydrogen-bond acceptors (Lipinski definition) is 1. The summed E-state index contributed by atoms with van der Waals surface area (Å²) in [5, 5.41) is 1.19. The Kier molecular flexibility index (Phi) is 3.03. The lowest BCUT2D eigenvalue weighted by molar-refractivity contribution is 0.595. The van der Waals surface area contributed by atoms with E-state index in [1.165, 1.54) is 17.1 Å². The van der Waals surface area contributed by atoms with E-state index in [0.717, 1.165) is 11.9 Å². The Hall–Kier alpha value is -2.16. The number of benzene rings is 1. The van der Waals surface area contributed by atoms with Crippen LogP contribution in [0.1, 0.15) is 18.1 Å². The molecule has 0 bridgehead atoms. The van der Waals surface area contributed by atoms with Crippen LogP contribution in [0.3, 0.4) is 0 Å². The highest BCUT2D eigenvalue weighted by Gasteiger charge is 2.08. The fraction of sp³-hybridized carbons (Fsp3) is 0.188. The third-order valence-corrected chi connectivity index (χ3v) is 3.39. The first kappa shape index (κ1) is 11.9. The minimum absolute atomic E-state index is 0.259. The van der Waals surface area contributed by atoms with Crippen molar-refractivity contribution < 1.29 is 4.39 Å². The fourth-order valence-electron chi connectivity index (χ4n) is 2.39. The van der Waals surface area contributed by atoms with Crippen molar-refractivity contribution in [1.29, 1.82) is 0 Å². The largest absolute Gasteiger partial charge is 0.343 e. The van der Waals surface area contributed by atoms with Gasteiger partial charge in [-0.1, -0.05) is 13.0 Å². The van der Waals surface area contributed by atoms with Gasteiger partial charge in [-0.2, -0.15) is 0 Å². The maximum atomic E-state index is 13.7. The van der Waals surface area contributed by atoms with Crippen molar-refractivity contribution in [2.75, 3.05) is 0 Å². The lowest BCUT2D eigenvalue weighted by atomic mass is 10.1. The number of hydrogen-bond donors (Lipinski definition) is 0. The van der Waals surface area contributed by atoms with Gasteiger partial charge in [0.15, 0.2) is 0 Å². The van der Waals surface area contributed by atoms with Gasteiger partial charge in [0, 0.05) is 28.9 Å². The molecular weight excluding hydrogens is 239 g/mol. The molecule has 3 aromatic rings. The first-order valence-electron chi connectivity index (χ1n) is 6.36. The van der Waals surface area contributed by atoms with Crippen molar-refractivity contribution >= 4 is 10.9 Å². The van der Waals surface area contributed by atoms with Crippen LogP contribution in [0.5, 0.6) is 0 Å². The Morgan fingerprint density at radius 2 is 2.21 bits per heavy atom. The van der Waals surface area contributed by atoms with E-state index in [2.05, 4.69) is 28.7 Å². The van der Waals surface area contributed by atoms with Gasteiger partial charge in [-0.05, 0) is 36.2 Å². The molecule has 0 saturated carbocycles. The Bertz CT molecular complexity index is 716. The van der Waals surface area contributed by atoms with Crippen molar-refractivity contribution in [2.24, 2.45) is 0 Å². The van der Waals surface area contributed by atoms with Gasteiger partial charge in [0.2, 0.25) is 0 Å². The number of pyridine rings is 1. The summed E-state index contributed by atoms with van der Waals surface area (Å²) in [7, 11) is 0. The molecule has 1 aromatic carbocycles. The summed E-state index contributed by atoms with van der Waals surface area (Å²) in [6.45, 7) is 2.65. The molecule has 1 radical (unpaired) electrons. The summed E-state index contributed by atoms with van der Waals surface area (Å²) in [5.74, 6) is -0.259. The molecular formula is C16H14FN2. The van der Waals surface area contributed by atoms with Crippen LogP contribution >= 0.6 is 0 Å². The van der Waals surface area contributed by atoms with E-state index in [4.69, 9.17) is 0 Å².